The van der Waals surface area contributed by atoms with E-state index in [0.717, 1.165) is 12.1 Å². The van der Waals surface area contributed by atoms with E-state index in [0.29, 0.717) is 23.1 Å². The number of halogens is 1. The van der Waals surface area contributed by atoms with Gasteiger partial charge in [0.15, 0.2) is 5.78 Å². The van der Waals surface area contributed by atoms with E-state index in [4.69, 9.17) is 0 Å². The fourth-order valence-corrected chi connectivity index (χ4v) is 2.69. The van der Waals surface area contributed by atoms with Crippen LogP contribution in [0.4, 0.5) is 4.39 Å². The Balaban J connectivity index is 1.95. The van der Waals surface area contributed by atoms with Crippen LogP contribution in [0.2, 0.25) is 0 Å². The molecule has 110 valence electrons. The van der Waals surface area contributed by atoms with Crippen LogP contribution in [0.1, 0.15) is 47.4 Å². The number of carbonyl (C=O) groups excluding carboxylic acids is 1. The molecule has 2 nitrogen and oxygen atoms in total. The minimum atomic E-state index is -0.348. The molecule has 1 heterocycles. The van der Waals surface area contributed by atoms with Gasteiger partial charge in [0.25, 0.3) is 0 Å². The highest BCUT2D eigenvalue weighted by atomic mass is 19.1. The molecule has 0 N–H and O–H groups in total. The first-order chi connectivity index (χ1) is 10.4. The van der Waals surface area contributed by atoms with Gasteiger partial charge in [-0.1, -0.05) is 37.8 Å². The average Bonchev–Trinajstić information content (AvgIpc) is 2.46. The van der Waals surface area contributed by atoms with Gasteiger partial charge in [-0.05, 0) is 30.0 Å². The zero-order valence-corrected chi connectivity index (χ0v) is 12.6. The second-order valence-corrected chi connectivity index (χ2v) is 6.39. The number of Topliss-reactive ketones (excluding diaryl/α,β-unsaturated/α-hetero) is 1. The normalized spacial score (nSPS) is 15.7. The lowest BCUT2D eigenvalue weighted by molar-refractivity contribution is 0.0910. The van der Waals surface area contributed by atoms with Crippen molar-refractivity contribution in [3.05, 3.63) is 64.7 Å². The molecule has 0 amide bonds. The molecular weight excluding hydrogens is 277 g/mol. The molecule has 1 aliphatic rings. The van der Waals surface area contributed by atoms with Crippen molar-refractivity contribution in [2.45, 2.75) is 26.7 Å². The Morgan fingerprint density at radius 3 is 2.73 bits per heavy atom. The predicted molar refractivity (Wildman–Crippen MR) is 83.0 cm³/mol. The van der Waals surface area contributed by atoms with E-state index < -0.39 is 0 Å². The summed E-state index contributed by atoms with van der Waals surface area (Å²) in [5, 5.41) is 0. The quantitative estimate of drug-likeness (QED) is 0.692. The largest absolute Gasteiger partial charge is 0.294 e. The SMILES string of the molecule is CC1(C)CC(=O)c2cc(C#Cc3ccccc3F)cnc2C1. The van der Waals surface area contributed by atoms with Gasteiger partial charge in [-0.25, -0.2) is 4.39 Å². The third kappa shape index (κ3) is 2.92. The summed E-state index contributed by atoms with van der Waals surface area (Å²) in [6.07, 6.45) is 2.96. The third-order valence-electron chi connectivity index (χ3n) is 3.77. The molecule has 1 aliphatic carbocycles. The lowest BCUT2D eigenvalue weighted by Gasteiger charge is -2.29. The molecule has 0 saturated heterocycles. The smallest absolute Gasteiger partial charge is 0.165 e. The molecule has 0 unspecified atom stereocenters. The van der Waals surface area contributed by atoms with Crippen LogP contribution < -0.4 is 0 Å². The molecular formula is C19H16FNO. The Bertz CT molecular complexity index is 812. The number of hydrogen-bond donors (Lipinski definition) is 0. The van der Waals surface area contributed by atoms with Gasteiger partial charge in [-0.3, -0.25) is 9.78 Å². The lowest BCUT2D eigenvalue weighted by atomic mass is 9.75. The standard InChI is InChI=1S/C19H16FNO/c1-19(2)10-17-15(18(22)11-19)9-13(12-21-17)7-8-14-5-3-4-6-16(14)20/h3-6,9,12H,10-11H2,1-2H3. The molecule has 3 rings (SSSR count). The van der Waals surface area contributed by atoms with Gasteiger partial charge >= 0.3 is 0 Å². The molecule has 0 atom stereocenters. The number of benzene rings is 1. The molecule has 0 bridgehead atoms. The number of fused-ring (bicyclic) bond motifs is 1. The van der Waals surface area contributed by atoms with E-state index in [2.05, 4.69) is 30.7 Å². The number of hydrogen-bond acceptors (Lipinski definition) is 2. The van der Waals surface area contributed by atoms with Crippen molar-refractivity contribution in [3.8, 4) is 11.8 Å². The summed E-state index contributed by atoms with van der Waals surface area (Å²) in [5.41, 5.74) is 2.41. The fraction of sp³-hybridized carbons (Fsp3) is 0.263. The van der Waals surface area contributed by atoms with Gasteiger partial charge in [-0.15, -0.1) is 0 Å². The van der Waals surface area contributed by atoms with Crippen LogP contribution >= 0.6 is 0 Å². The van der Waals surface area contributed by atoms with Gasteiger partial charge in [-0.2, -0.15) is 0 Å². The van der Waals surface area contributed by atoms with Gasteiger partial charge in [0, 0.05) is 23.7 Å². The second-order valence-electron chi connectivity index (χ2n) is 6.39. The maximum Gasteiger partial charge on any atom is 0.165 e. The summed E-state index contributed by atoms with van der Waals surface area (Å²) in [6.45, 7) is 4.14. The van der Waals surface area contributed by atoms with E-state index in [1.807, 2.05) is 0 Å². The van der Waals surface area contributed by atoms with Crippen LogP contribution in [0.3, 0.4) is 0 Å². The first-order valence-corrected chi connectivity index (χ1v) is 7.23. The zero-order chi connectivity index (χ0) is 15.7. The monoisotopic (exact) mass is 293 g/mol. The predicted octanol–water partition coefficient (Wildman–Crippen LogP) is 3.78. The summed E-state index contributed by atoms with van der Waals surface area (Å²) in [7, 11) is 0. The molecule has 1 aromatic heterocycles. The molecule has 22 heavy (non-hydrogen) atoms. The van der Waals surface area contributed by atoms with Gasteiger partial charge in [0.2, 0.25) is 0 Å². The van der Waals surface area contributed by atoms with Crippen molar-refractivity contribution in [2.75, 3.05) is 0 Å². The van der Waals surface area contributed by atoms with Crippen LogP contribution in [-0.2, 0) is 6.42 Å². The number of aromatic nitrogens is 1. The Labute approximate surface area is 129 Å². The molecule has 0 aliphatic heterocycles. The summed E-state index contributed by atoms with van der Waals surface area (Å²) in [4.78, 5) is 16.6. The highest BCUT2D eigenvalue weighted by Gasteiger charge is 2.31. The molecule has 3 heteroatoms. The summed E-state index contributed by atoms with van der Waals surface area (Å²) >= 11 is 0. The van der Waals surface area contributed by atoms with E-state index in [9.17, 15) is 9.18 Å². The highest BCUT2D eigenvalue weighted by molar-refractivity contribution is 5.98. The minimum Gasteiger partial charge on any atom is -0.294 e. The van der Waals surface area contributed by atoms with E-state index in [1.165, 1.54) is 6.07 Å². The molecule has 1 aromatic carbocycles. The first kappa shape index (κ1) is 14.5. The zero-order valence-electron chi connectivity index (χ0n) is 12.6. The van der Waals surface area contributed by atoms with Gasteiger partial charge in [0.05, 0.1) is 11.3 Å². The number of nitrogens with zero attached hydrogens (tertiary/aromatic N) is 1. The maximum absolute atomic E-state index is 13.5. The Hall–Kier alpha value is -2.47. The molecule has 0 spiro atoms. The third-order valence-corrected chi connectivity index (χ3v) is 3.77. The summed E-state index contributed by atoms with van der Waals surface area (Å²) < 4.78 is 13.5. The molecule has 0 saturated carbocycles. The number of rotatable bonds is 0. The van der Waals surface area contributed by atoms with Gasteiger partial charge in [0.1, 0.15) is 5.82 Å². The van der Waals surface area contributed by atoms with E-state index in [-0.39, 0.29) is 17.0 Å². The van der Waals surface area contributed by atoms with Crippen LogP contribution in [0.15, 0.2) is 36.5 Å². The topological polar surface area (TPSA) is 30.0 Å². The van der Waals surface area contributed by atoms with Crippen molar-refractivity contribution >= 4 is 5.78 Å². The van der Waals surface area contributed by atoms with Gasteiger partial charge < -0.3 is 0 Å². The number of ketones is 1. The molecule has 0 radical (unpaired) electrons. The first-order valence-electron chi connectivity index (χ1n) is 7.23. The highest BCUT2D eigenvalue weighted by Crippen LogP contribution is 2.33. The second kappa shape index (κ2) is 5.38. The Kier molecular flexibility index (Phi) is 3.54. The van der Waals surface area contributed by atoms with Crippen LogP contribution in [0, 0.1) is 23.1 Å². The average molecular weight is 293 g/mol. The minimum absolute atomic E-state index is 0.0442. The Morgan fingerprint density at radius 1 is 1.18 bits per heavy atom. The number of carbonyl (C=O) groups is 1. The van der Waals surface area contributed by atoms with E-state index >= 15 is 0 Å². The van der Waals surface area contributed by atoms with Crippen molar-refractivity contribution < 1.29 is 9.18 Å². The number of pyridine rings is 1. The summed E-state index contributed by atoms with van der Waals surface area (Å²) in [5.74, 6) is 5.44. The Morgan fingerprint density at radius 2 is 1.95 bits per heavy atom. The fourth-order valence-electron chi connectivity index (χ4n) is 2.69. The van der Waals surface area contributed by atoms with Crippen molar-refractivity contribution in [1.29, 1.82) is 0 Å². The lowest BCUT2D eigenvalue weighted by Crippen LogP contribution is -2.27. The van der Waals surface area contributed by atoms with Crippen LogP contribution in [0.25, 0.3) is 0 Å². The maximum atomic E-state index is 13.5. The van der Waals surface area contributed by atoms with Crippen LogP contribution in [0.5, 0.6) is 0 Å². The van der Waals surface area contributed by atoms with Crippen LogP contribution in [-0.4, -0.2) is 10.8 Å². The molecule has 0 fully saturated rings. The van der Waals surface area contributed by atoms with Crippen molar-refractivity contribution in [2.24, 2.45) is 5.41 Å². The molecule has 2 aromatic rings. The van der Waals surface area contributed by atoms with Crippen molar-refractivity contribution in [1.82, 2.24) is 4.98 Å². The van der Waals surface area contributed by atoms with E-state index in [1.54, 1.807) is 30.5 Å². The van der Waals surface area contributed by atoms with Crippen molar-refractivity contribution in [3.63, 3.8) is 0 Å². The summed E-state index contributed by atoms with van der Waals surface area (Å²) in [6, 6.07) is 8.14.